The Kier molecular flexibility index (Phi) is 6.24. The van der Waals surface area contributed by atoms with Gasteiger partial charge in [0, 0.05) is 13.0 Å². The molecule has 0 heterocycles. The van der Waals surface area contributed by atoms with Crippen LogP contribution in [0.5, 0.6) is 0 Å². The number of rotatable bonds is 5. The first-order chi connectivity index (χ1) is 4.81. The van der Waals surface area contributed by atoms with Crippen molar-refractivity contribution in [2.45, 2.75) is 39.5 Å². The normalized spacial score (nSPS) is 9.40. The molecule has 0 unspecified atom stereocenters. The fourth-order valence-corrected chi connectivity index (χ4v) is 0.720. The molecule has 0 rings (SSSR count). The SMILES string of the molecule is CCCCN[11C](=O)CCC. The molecule has 0 aromatic carbocycles. The molecule has 0 aliphatic rings. The van der Waals surface area contributed by atoms with Crippen molar-refractivity contribution in [1.29, 1.82) is 0 Å². The van der Waals surface area contributed by atoms with Crippen molar-refractivity contribution in [2.24, 2.45) is 0 Å². The van der Waals surface area contributed by atoms with Crippen LogP contribution in [-0.4, -0.2) is 12.5 Å². The van der Waals surface area contributed by atoms with Crippen LogP contribution in [0.2, 0.25) is 0 Å². The van der Waals surface area contributed by atoms with Gasteiger partial charge in [-0.3, -0.25) is 4.79 Å². The third-order valence-electron chi connectivity index (χ3n) is 1.33. The Morgan fingerprint density at radius 3 is 2.50 bits per heavy atom. The first-order valence-corrected chi connectivity index (χ1v) is 4.08. The largest absolute Gasteiger partial charge is 0.356 e. The highest BCUT2D eigenvalue weighted by Crippen LogP contribution is 1.87. The second-order valence-electron chi connectivity index (χ2n) is 2.45. The molecule has 0 saturated heterocycles. The molecule has 0 fully saturated rings. The monoisotopic (exact) mass is 142 g/mol. The molecule has 2 nitrogen and oxygen atoms in total. The molecule has 60 valence electrons. The Balaban J connectivity index is 3.05. The van der Waals surface area contributed by atoms with Gasteiger partial charge in [-0.15, -0.1) is 0 Å². The molecule has 0 aliphatic carbocycles. The Morgan fingerprint density at radius 2 is 2.00 bits per heavy atom. The number of hydrogen-bond acceptors (Lipinski definition) is 1. The minimum Gasteiger partial charge on any atom is -0.356 e. The van der Waals surface area contributed by atoms with Crippen LogP contribution in [0.4, 0.5) is 0 Å². The molecule has 0 aromatic rings. The van der Waals surface area contributed by atoms with Crippen LogP contribution in [0.3, 0.4) is 0 Å². The summed E-state index contributed by atoms with van der Waals surface area (Å²) in [7, 11) is 0. The summed E-state index contributed by atoms with van der Waals surface area (Å²) in [6.45, 7) is 4.97. The first-order valence-electron chi connectivity index (χ1n) is 4.08. The molecule has 0 aliphatic heterocycles. The van der Waals surface area contributed by atoms with Gasteiger partial charge in [-0.1, -0.05) is 20.3 Å². The molecule has 0 aromatic heterocycles. The lowest BCUT2D eigenvalue weighted by molar-refractivity contribution is -0.121. The van der Waals surface area contributed by atoms with Crippen molar-refractivity contribution in [2.75, 3.05) is 6.54 Å². The van der Waals surface area contributed by atoms with Crippen molar-refractivity contribution in [3.05, 3.63) is 0 Å². The maximum Gasteiger partial charge on any atom is 0.219 e. The molecule has 1 amide bonds. The van der Waals surface area contributed by atoms with Crippen LogP contribution in [0.25, 0.3) is 0 Å². The number of unbranched alkanes of at least 4 members (excludes halogenated alkanes) is 1. The second-order valence-corrected chi connectivity index (χ2v) is 2.45. The summed E-state index contributed by atoms with van der Waals surface area (Å²) >= 11 is 0. The highest BCUT2D eigenvalue weighted by atomic mass is 16.1. The Hall–Kier alpha value is -0.530. The summed E-state index contributed by atoms with van der Waals surface area (Å²) in [5.74, 6) is 0.191. The molecular weight excluding hydrogens is 125 g/mol. The number of nitrogens with one attached hydrogen (secondary N) is 1. The Labute approximate surface area is 63.0 Å². The molecule has 0 atom stereocenters. The van der Waals surface area contributed by atoms with E-state index >= 15 is 0 Å². The van der Waals surface area contributed by atoms with Crippen molar-refractivity contribution in [3.8, 4) is 0 Å². The van der Waals surface area contributed by atoms with E-state index in [0.29, 0.717) is 6.42 Å². The van der Waals surface area contributed by atoms with Gasteiger partial charge in [-0.2, -0.15) is 0 Å². The van der Waals surface area contributed by atoms with Gasteiger partial charge < -0.3 is 5.32 Å². The standard InChI is InChI=1S/C8H17NO/c1-3-5-7-9-8(10)6-4-2/h3-7H2,1-2H3,(H,9,10)/i8-1. The van der Waals surface area contributed by atoms with Crippen molar-refractivity contribution < 1.29 is 4.79 Å². The summed E-state index contributed by atoms with van der Waals surface area (Å²) < 4.78 is 0. The number of carbonyl (C=O) groups is 1. The van der Waals surface area contributed by atoms with Gasteiger partial charge in [-0.25, -0.2) is 0 Å². The fraction of sp³-hybridized carbons (Fsp3) is 0.875. The van der Waals surface area contributed by atoms with E-state index in [1.54, 1.807) is 0 Å². The van der Waals surface area contributed by atoms with Gasteiger partial charge in [0.15, 0.2) is 0 Å². The highest BCUT2D eigenvalue weighted by molar-refractivity contribution is 5.75. The molecule has 0 radical (unpaired) electrons. The Morgan fingerprint density at radius 1 is 1.30 bits per heavy atom. The highest BCUT2D eigenvalue weighted by Gasteiger charge is 1.95. The van der Waals surface area contributed by atoms with Crippen LogP contribution in [0.15, 0.2) is 0 Å². The van der Waals surface area contributed by atoms with Crippen LogP contribution >= 0.6 is 0 Å². The average molecular weight is 142 g/mol. The van der Waals surface area contributed by atoms with Crippen LogP contribution in [0.1, 0.15) is 39.5 Å². The van der Waals surface area contributed by atoms with E-state index in [4.69, 9.17) is 0 Å². The quantitative estimate of drug-likeness (QED) is 0.582. The maximum absolute atomic E-state index is 10.8. The minimum atomic E-state index is 0.191. The zero-order chi connectivity index (χ0) is 7.82. The maximum atomic E-state index is 10.8. The lowest BCUT2D eigenvalue weighted by Gasteiger charge is -2.00. The van der Waals surface area contributed by atoms with Crippen LogP contribution in [-0.2, 0) is 4.79 Å². The predicted molar refractivity (Wildman–Crippen MR) is 42.8 cm³/mol. The van der Waals surface area contributed by atoms with E-state index in [1.807, 2.05) is 6.92 Å². The van der Waals surface area contributed by atoms with Crippen LogP contribution in [0, 0.1) is 0 Å². The van der Waals surface area contributed by atoms with E-state index in [0.717, 1.165) is 25.8 Å². The minimum absolute atomic E-state index is 0.191. The van der Waals surface area contributed by atoms with Gasteiger partial charge in [0.2, 0.25) is 5.91 Å². The van der Waals surface area contributed by atoms with E-state index in [-0.39, 0.29) is 5.91 Å². The molecule has 0 bridgehead atoms. The predicted octanol–water partition coefficient (Wildman–Crippen LogP) is 1.70. The fourth-order valence-electron chi connectivity index (χ4n) is 0.720. The number of amides is 1. The number of hydrogen-bond donors (Lipinski definition) is 1. The lowest BCUT2D eigenvalue weighted by Crippen LogP contribution is -2.23. The zero-order valence-corrected chi connectivity index (χ0v) is 6.94. The zero-order valence-electron chi connectivity index (χ0n) is 6.94. The topological polar surface area (TPSA) is 29.1 Å². The molecule has 0 saturated carbocycles. The van der Waals surface area contributed by atoms with E-state index in [2.05, 4.69) is 12.2 Å². The van der Waals surface area contributed by atoms with Crippen LogP contribution < -0.4 is 5.32 Å². The number of carbonyl (C=O) groups excluding carboxylic acids is 1. The van der Waals surface area contributed by atoms with E-state index in [1.165, 1.54) is 0 Å². The van der Waals surface area contributed by atoms with Gasteiger partial charge in [0.05, 0.1) is 0 Å². The molecule has 2 heteroatoms. The molecule has 1 N–H and O–H groups in total. The van der Waals surface area contributed by atoms with E-state index in [9.17, 15) is 4.79 Å². The Bertz CT molecular complexity index is 91.3. The van der Waals surface area contributed by atoms with Gasteiger partial charge in [0.25, 0.3) is 0 Å². The third kappa shape index (κ3) is 5.60. The first kappa shape index (κ1) is 9.47. The molecule has 0 spiro atoms. The summed E-state index contributed by atoms with van der Waals surface area (Å²) in [4.78, 5) is 10.8. The summed E-state index contributed by atoms with van der Waals surface area (Å²) in [5.41, 5.74) is 0. The average Bonchev–Trinajstić information content (AvgIpc) is 1.89. The smallest absolute Gasteiger partial charge is 0.219 e. The van der Waals surface area contributed by atoms with E-state index < -0.39 is 0 Å². The molecular formula is C8H17NO. The summed E-state index contributed by atoms with van der Waals surface area (Å²) in [5, 5.41) is 2.85. The summed E-state index contributed by atoms with van der Waals surface area (Å²) in [6.07, 6.45) is 3.85. The second kappa shape index (κ2) is 6.59. The molecule has 10 heavy (non-hydrogen) atoms. The lowest BCUT2D eigenvalue weighted by atomic mass is 9.94. The summed E-state index contributed by atoms with van der Waals surface area (Å²) in [6, 6.07) is 0. The van der Waals surface area contributed by atoms with Gasteiger partial charge in [0.1, 0.15) is 0 Å². The van der Waals surface area contributed by atoms with Crippen molar-refractivity contribution in [3.63, 3.8) is 0 Å². The third-order valence-corrected chi connectivity index (χ3v) is 1.33. The van der Waals surface area contributed by atoms with Crippen molar-refractivity contribution in [1.82, 2.24) is 5.32 Å². The van der Waals surface area contributed by atoms with Crippen molar-refractivity contribution >= 4 is 5.91 Å². The van der Waals surface area contributed by atoms with Gasteiger partial charge >= 0.3 is 0 Å². The van der Waals surface area contributed by atoms with Gasteiger partial charge in [-0.05, 0) is 12.8 Å².